The Balaban J connectivity index is 0.772. The quantitative estimate of drug-likeness (QED) is 0.0472. The van der Waals surface area contributed by atoms with E-state index in [1.807, 2.05) is 42.5 Å². The van der Waals surface area contributed by atoms with Crippen molar-refractivity contribution in [1.29, 1.82) is 0 Å². The second-order valence-electron chi connectivity index (χ2n) is 15.5. The van der Waals surface area contributed by atoms with E-state index in [-0.39, 0.29) is 49.0 Å². The summed E-state index contributed by atoms with van der Waals surface area (Å²) in [5.41, 5.74) is 2.73. The van der Waals surface area contributed by atoms with E-state index in [1.165, 1.54) is 18.0 Å². The third-order valence-electron chi connectivity index (χ3n) is 10.8. The second kappa shape index (κ2) is 21.6. The lowest BCUT2D eigenvalue weighted by Gasteiger charge is -2.36. The van der Waals surface area contributed by atoms with Crippen LogP contribution in [0.4, 0.5) is 28.8 Å². The highest BCUT2D eigenvalue weighted by Gasteiger charge is 2.45. The summed E-state index contributed by atoms with van der Waals surface area (Å²) in [6.07, 6.45) is 1.64. The van der Waals surface area contributed by atoms with E-state index in [1.54, 1.807) is 43.5 Å². The molecular formula is C44H50ClN8O10PS. The SMILES string of the molecule is COc1cc(N2CCN(C(=O)COCCOCCOCCSc3cccc4c3C(=O)N(C3CCC(=O)NC3=O)C4=O)CC2)ccc1Nc1ncc(Cl)c(Nc2ccccc2P(C)(C)=O)n1. The van der Waals surface area contributed by atoms with Crippen molar-refractivity contribution in [3.63, 3.8) is 0 Å². The topological polar surface area (TPSA) is 211 Å². The number of halogens is 1. The third kappa shape index (κ3) is 11.6. The number of para-hydroxylation sites is 1. The number of rotatable bonds is 20. The van der Waals surface area contributed by atoms with Gasteiger partial charge in [0, 0.05) is 60.3 Å². The predicted octanol–water partition coefficient (Wildman–Crippen LogP) is 4.77. The van der Waals surface area contributed by atoms with Crippen LogP contribution >= 0.6 is 30.5 Å². The Bertz CT molecular complexity index is 2490. The number of carbonyl (C=O) groups is 5. The molecule has 65 heavy (non-hydrogen) atoms. The average molecular weight is 949 g/mol. The fourth-order valence-electron chi connectivity index (χ4n) is 7.51. The first-order valence-corrected chi connectivity index (χ1v) is 24.9. The standard InChI is InChI=1S/C44H50ClN8O10PS/c1-60-34-25-28(11-12-31(34)48-44-46-26-30(45)40(50-44)47-32-8-4-5-9-35(32)64(2,3)59)51-15-17-52(18-16-51)38(55)27-63-22-21-61-19-20-62-23-24-65-36-10-6-7-29-39(36)43(58)53(42(29)57)33-13-14-37(54)49-41(33)56/h4-12,25-26,33H,13-24,27H2,1-3H3,(H,49,54,56)(H2,46,47,48,50). The summed E-state index contributed by atoms with van der Waals surface area (Å²) < 4.78 is 35.5. The highest BCUT2D eigenvalue weighted by molar-refractivity contribution is 7.99. The molecule has 7 rings (SSSR count). The summed E-state index contributed by atoms with van der Waals surface area (Å²) in [7, 11) is -0.993. The third-order valence-corrected chi connectivity index (χ3v) is 13.6. The van der Waals surface area contributed by atoms with Gasteiger partial charge in [-0.1, -0.05) is 29.8 Å². The van der Waals surface area contributed by atoms with Gasteiger partial charge >= 0.3 is 0 Å². The molecule has 0 spiro atoms. The number of methoxy groups -OCH3 is 1. The Morgan fingerprint density at radius 1 is 0.892 bits per heavy atom. The number of carbonyl (C=O) groups excluding carboxylic acids is 5. The van der Waals surface area contributed by atoms with Crippen LogP contribution in [0.2, 0.25) is 5.02 Å². The molecule has 4 heterocycles. The maximum atomic E-state index is 13.3. The highest BCUT2D eigenvalue weighted by atomic mass is 35.5. The number of thioether (sulfide) groups is 1. The number of imide groups is 2. The molecular weight excluding hydrogens is 899 g/mol. The van der Waals surface area contributed by atoms with Crippen LogP contribution in [0.5, 0.6) is 5.75 Å². The van der Waals surface area contributed by atoms with E-state index in [9.17, 15) is 28.5 Å². The number of hydrogen-bond donors (Lipinski definition) is 3. The molecule has 2 saturated heterocycles. The number of nitrogens with one attached hydrogen (secondary N) is 3. The van der Waals surface area contributed by atoms with Crippen LogP contribution in [-0.4, -0.2) is 147 Å². The van der Waals surface area contributed by atoms with Crippen LogP contribution in [-0.2, 0) is 33.2 Å². The first-order chi connectivity index (χ1) is 31.3. The van der Waals surface area contributed by atoms with Crippen LogP contribution in [0.15, 0.2) is 71.8 Å². The van der Waals surface area contributed by atoms with Crippen LogP contribution in [0.1, 0.15) is 33.6 Å². The largest absolute Gasteiger partial charge is 0.494 e. The lowest BCUT2D eigenvalue weighted by atomic mass is 10.0. The van der Waals surface area contributed by atoms with Crippen molar-refractivity contribution in [3.05, 3.63) is 83.0 Å². The van der Waals surface area contributed by atoms with Gasteiger partial charge in [0.05, 0.1) is 68.8 Å². The maximum absolute atomic E-state index is 13.3. The number of anilines is 5. The van der Waals surface area contributed by atoms with Crippen molar-refractivity contribution >= 4 is 94.2 Å². The summed E-state index contributed by atoms with van der Waals surface area (Å²) in [5.74, 6) is -0.517. The summed E-state index contributed by atoms with van der Waals surface area (Å²) in [6, 6.07) is 17.1. The fourth-order valence-corrected chi connectivity index (χ4v) is 9.74. The molecule has 4 aromatic rings. The molecule has 0 bridgehead atoms. The van der Waals surface area contributed by atoms with Crippen LogP contribution in [0.25, 0.3) is 0 Å². The van der Waals surface area contributed by atoms with Crippen molar-refractivity contribution in [2.24, 2.45) is 0 Å². The van der Waals surface area contributed by atoms with Gasteiger partial charge < -0.3 is 43.9 Å². The van der Waals surface area contributed by atoms with E-state index >= 15 is 0 Å². The molecule has 0 saturated carbocycles. The Morgan fingerprint density at radius 3 is 2.37 bits per heavy atom. The Kier molecular flexibility index (Phi) is 15.8. The average Bonchev–Trinajstić information content (AvgIpc) is 3.55. The summed E-state index contributed by atoms with van der Waals surface area (Å²) >= 11 is 7.82. The van der Waals surface area contributed by atoms with Crippen molar-refractivity contribution in [3.8, 4) is 5.75 Å². The molecule has 3 aliphatic heterocycles. The second-order valence-corrected chi connectivity index (χ2v) is 20.2. The van der Waals surface area contributed by atoms with E-state index in [2.05, 4.69) is 30.8 Å². The molecule has 1 atom stereocenters. The van der Waals surface area contributed by atoms with Crippen molar-refractivity contribution in [1.82, 2.24) is 25.1 Å². The van der Waals surface area contributed by atoms with E-state index in [0.717, 1.165) is 10.6 Å². The Labute approximate surface area is 385 Å². The monoisotopic (exact) mass is 948 g/mol. The summed E-state index contributed by atoms with van der Waals surface area (Å²) in [5, 5.41) is 9.61. The molecule has 3 N–H and O–H groups in total. The van der Waals surface area contributed by atoms with Gasteiger partial charge in [-0.2, -0.15) is 4.98 Å². The molecule has 18 nitrogen and oxygen atoms in total. The smallest absolute Gasteiger partial charge is 0.263 e. The highest BCUT2D eigenvalue weighted by Crippen LogP contribution is 2.39. The molecule has 0 radical (unpaired) electrons. The molecule has 1 aromatic heterocycles. The number of ether oxygens (including phenoxy) is 4. The molecule has 3 aliphatic rings. The first-order valence-electron chi connectivity index (χ1n) is 20.9. The number of benzene rings is 3. The molecule has 0 aliphatic carbocycles. The van der Waals surface area contributed by atoms with Crippen molar-refractivity contribution < 1.29 is 47.5 Å². The molecule has 344 valence electrons. The van der Waals surface area contributed by atoms with Crippen LogP contribution in [0, 0.1) is 0 Å². The molecule has 2 fully saturated rings. The molecule has 21 heteroatoms. The Hall–Kier alpha value is -5.56. The fraction of sp³-hybridized carbons (Fsp3) is 0.386. The number of piperidine rings is 1. The van der Waals surface area contributed by atoms with Gasteiger partial charge in [-0.15, -0.1) is 11.8 Å². The van der Waals surface area contributed by atoms with Crippen molar-refractivity contribution in [2.75, 3.05) is 108 Å². The minimum atomic E-state index is -2.57. The van der Waals surface area contributed by atoms with Crippen LogP contribution < -0.4 is 30.9 Å². The van der Waals surface area contributed by atoms with E-state index in [0.29, 0.717) is 96.5 Å². The maximum Gasteiger partial charge on any atom is 0.263 e. The molecule has 3 aromatic carbocycles. The minimum Gasteiger partial charge on any atom is -0.494 e. The number of nitrogens with zero attached hydrogens (tertiary/aromatic N) is 5. The minimum absolute atomic E-state index is 0.0532. The number of aromatic nitrogens is 2. The zero-order valence-electron chi connectivity index (χ0n) is 36.2. The molecule has 5 amide bonds. The number of piperazine rings is 1. The van der Waals surface area contributed by atoms with E-state index in [4.69, 9.17) is 30.5 Å². The van der Waals surface area contributed by atoms with Crippen molar-refractivity contribution in [2.45, 2.75) is 23.8 Å². The number of amides is 5. The lowest BCUT2D eigenvalue weighted by Crippen LogP contribution is -2.54. The van der Waals surface area contributed by atoms with Gasteiger partial charge in [-0.25, -0.2) is 4.98 Å². The van der Waals surface area contributed by atoms with E-state index < -0.39 is 36.8 Å². The first kappa shape index (κ1) is 47.4. The van der Waals surface area contributed by atoms with Crippen LogP contribution in [0.3, 0.4) is 0 Å². The zero-order valence-corrected chi connectivity index (χ0v) is 38.6. The summed E-state index contributed by atoms with van der Waals surface area (Å²) in [6.45, 7) is 7.23. The van der Waals surface area contributed by atoms with Gasteiger partial charge in [0.2, 0.25) is 23.7 Å². The zero-order chi connectivity index (χ0) is 46.1. The van der Waals surface area contributed by atoms with Gasteiger partial charge in [0.15, 0.2) is 5.82 Å². The lowest BCUT2D eigenvalue weighted by molar-refractivity contribution is -0.137. The van der Waals surface area contributed by atoms with Gasteiger partial charge in [0.1, 0.15) is 30.6 Å². The van der Waals surface area contributed by atoms with Gasteiger partial charge in [-0.3, -0.25) is 34.2 Å². The Morgan fingerprint density at radius 2 is 1.63 bits per heavy atom. The van der Waals surface area contributed by atoms with Gasteiger partial charge in [-0.05, 0) is 56.1 Å². The molecule has 1 unspecified atom stereocenters. The number of hydrogen-bond acceptors (Lipinski definition) is 16. The predicted molar refractivity (Wildman–Crippen MR) is 247 cm³/mol. The number of fused-ring (bicyclic) bond motifs is 1. The summed E-state index contributed by atoms with van der Waals surface area (Å²) in [4.78, 5) is 77.7. The normalized spacial score (nSPS) is 16.4. The van der Waals surface area contributed by atoms with Gasteiger partial charge in [0.25, 0.3) is 11.8 Å².